The molecule has 0 atom stereocenters. The van der Waals surface area contributed by atoms with Crippen molar-refractivity contribution >= 4 is 12.4 Å². The molecule has 0 aliphatic heterocycles. The molecular weight excluding hydrogens is 160 g/mol. The van der Waals surface area contributed by atoms with Gasteiger partial charge in [-0.2, -0.15) is 0 Å². The lowest BCUT2D eigenvalue weighted by Gasteiger charge is -2.02. The van der Waals surface area contributed by atoms with Crippen molar-refractivity contribution in [1.82, 2.24) is 0 Å². The number of benzene rings is 1. The summed E-state index contributed by atoms with van der Waals surface area (Å²) >= 11 is 0. The van der Waals surface area contributed by atoms with E-state index < -0.39 is 0 Å². The van der Waals surface area contributed by atoms with Crippen LogP contribution in [0.1, 0.15) is 23.1 Å². The zero-order valence-corrected chi connectivity index (χ0v) is 8.08. The number of rotatable bonds is 3. The maximum Gasteiger partial charge on any atom is 0.123 e. The fourth-order valence-electron chi connectivity index (χ4n) is 1.20. The highest BCUT2D eigenvalue weighted by molar-refractivity contribution is 5.60. The van der Waals surface area contributed by atoms with E-state index in [-0.39, 0.29) is 0 Å². The third-order valence-electron chi connectivity index (χ3n) is 2.18. The summed E-state index contributed by atoms with van der Waals surface area (Å²) < 4.78 is 0. The number of aryl methyl sites for hydroxylation is 1. The average Bonchev–Trinajstić information content (AvgIpc) is 2.13. The number of allylic oxidation sites excluding steroid dienone is 1. The third kappa shape index (κ3) is 2.55. The highest BCUT2D eigenvalue weighted by atomic mass is 16.1. The summed E-state index contributed by atoms with van der Waals surface area (Å²) in [7, 11) is 0. The predicted molar refractivity (Wildman–Crippen MR) is 55.6 cm³/mol. The third-order valence-corrected chi connectivity index (χ3v) is 2.18. The number of hydrogen-bond acceptors (Lipinski definition) is 1. The van der Waals surface area contributed by atoms with Crippen molar-refractivity contribution in [2.75, 3.05) is 0 Å². The van der Waals surface area contributed by atoms with Crippen LogP contribution in [0, 0.1) is 13.8 Å². The van der Waals surface area contributed by atoms with Gasteiger partial charge in [0.1, 0.15) is 6.29 Å². The van der Waals surface area contributed by atoms with Crippen LogP contribution in [0.4, 0.5) is 0 Å². The summed E-state index contributed by atoms with van der Waals surface area (Å²) in [5, 5.41) is 0. The Morgan fingerprint density at radius 1 is 1.31 bits per heavy atom. The Balaban J connectivity index is 2.88. The summed E-state index contributed by atoms with van der Waals surface area (Å²) in [6.45, 7) is 4.18. The van der Waals surface area contributed by atoms with Crippen molar-refractivity contribution in [3.05, 3.63) is 41.0 Å². The molecule has 0 aromatic heterocycles. The number of hydrogen-bond donors (Lipinski definition) is 0. The standard InChI is InChI=1S/C12H14O/c1-10-6-5-8-12(11(10)2)7-3-4-9-13/h3,5-9H,4H2,1-2H3/b7-3+. The molecule has 68 valence electrons. The Bertz CT molecular complexity index is 324. The Hall–Kier alpha value is -1.37. The molecule has 1 aromatic rings. The molecular formula is C12H14O. The van der Waals surface area contributed by atoms with Gasteiger partial charge in [-0.05, 0) is 30.5 Å². The van der Waals surface area contributed by atoms with Crippen LogP contribution in [0.5, 0.6) is 0 Å². The van der Waals surface area contributed by atoms with E-state index in [1.165, 1.54) is 16.7 Å². The van der Waals surface area contributed by atoms with Crippen LogP contribution in [0.25, 0.3) is 6.08 Å². The van der Waals surface area contributed by atoms with Gasteiger partial charge in [0.25, 0.3) is 0 Å². The number of carbonyl (C=O) groups excluding carboxylic acids is 1. The Morgan fingerprint density at radius 3 is 2.77 bits per heavy atom. The van der Waals surface area contributed by atoms with Gasteiger partial charge in [0.05, 0.1) is 0 Å². The lowest BCUT2D eigenvalue weighted by molar-refractivity contribution is -0.107. The van der Waals surface area contributed by atoms with Crippen LogP contribution >= 0.6 is 0 Å². The molecule has 0 radical (unpaired) electrons. The fraction of sp³-hybridized carbons (Fsp3) is 0.250. The Labute approximate surface area is 79.1 Å². The second-order valence-electron chi connectivity index (χ2n) is 3.09. The zero-order chi connectivity index (χ0) is 9.68. The fourth-order valence-corrected chi connectivity index (χ4v) is 1.20. The van der Waals surface area contributed by atoms with E-state index in [0.29, 0.717) is 6.42 Å². The monoisotopic (exact) mass is 174 g/mol. The lowest BCUT2D eigenvalue weighted by atomic mass is 10.0. The van der Waals surface area contributed by atoms with Crippen molar-refractivity contribution in [2.24, 2.45) is 0 Å². The quantitative estimate of drug-likeness (QED) is 0.644. The van der Waals surface area contributed by atoms with E-state index in [1.807, 2.05) is 18.2 Å². The van der Waals surface area contributed by atoms with Crippen molar-refractivity contribution in [1.29, 1.82) is 0 Å². The van der Waals surface area contributed by atoms with Crippen LogP contribution in [0.15, 0.2) is 24.3 Å². The molecule has 1 rings (SSSR count). The number of aldehydes is 1. The van der Waals surface area contributed by atoms with E-state index in [4.69, 9.17) is 0 Å². The van der Waals surface area contributed by atoms with Crippen LogP contribution in [-0.4, -0.2) is 6.29 Å². The summed E-state index contributed by atoms with van der Waals surface area (Å²) in [5.41, 5.74) is 3.76. The van der Waals surface area contributed by atoms with Crippen molar-refractivity contribution in [2.45, 2.75) is 20.3 Å². The first-order valence-corrected chi connectivity index (χ1v) is 4.42. The molecule has 0 saturated carbocycles. The summed E-state index contributed by atoms with van der Waals surface area (Å²) in [6, 6.07) is 6.18. The molecule has 0 fully saturated rings. The first-order valence-electron chi connectivity index (χ1n) is 4.42. The molecule has 0 amide bonds. The first kappa shape index (κ1) is 9.72. The van der Waals surface area contributed by atoms with Crippen LogP contribution in [-0.2, 0) is 4.79 Å². The first-order chi connectivity index (χ1) is 6.25. The van der Waals surface area contributed by atoms with Gasteiger partial charge in [0, 0.05) is 6.42 Å². The average molecular weight is 174 g/mol. The summed E-state index contributed by atoms with van der Waals surface area (Å²) in [4.78, 5) is 10.1. The van der Waals surface area contributed by atoms with Crippen LogP contribution < -0.4 is 0 Å². The molecule has 0 N–H and O–H groups in total. The Morgan fingerprint density at radius 2 is 2.08 bits per heavy atom. The largest absolute Gasteiger partial charge is 0.303 e. The molecule has 0 unspecified atom stereocenters. The Kier molecular flexibility index (Phi) is 3.44. The molecule has 1 nitrogen and oxygen atoms in total. The number of carbonyl (C=O) groups is 1. The molecule has 1 aromatic carbocycles. The van der Waals surface area contributed by atoms with E-state index in [0.717, 1.165) is 6.29 Å². The summed E-state index contributed by atoms with van der Waals surface area (Å²) in [6.07, 6.45) is 5.28. The van der Waals surface area contributed by atoms with Gasteiger partial charge in [0.15, 0.2) is 0 Å². The molecule has 0 saturated heterocycles. The minimum Gasteiger partial charge on any atom is -0.303 e. The minimum absolute atomic E-state index is 0.493. The molecule has 0 aliphatic rings. The van der Waals surface area contributed by atoms with E-state index in [1.54, 1.807) is 0 Å². The van der Waals surface area contributed by atoms with E-state index in [2.05, 4.69) is 26.0 Å². The normalized spacial score (nSPS) is 10.6. The van der Waals surface area contributed by atoms with Gasteiger partial charge < -0.3 is 4.79 Å². The highest BCUT2D eigenvalue weighted by Gasteiger charge is 1.95. The summed E-state index contributed by atoms with van der Waals surface area (Å²) in [5.74, 6) is 0. The highest BCUT2D eigenvalue weighted by Crippen LogP contribution is 2.13. The second kappa shape index (κ2) is 4.61. The SMILES string of the molecule is Cc1cccc(/C=C/CC=O)c1C. The molecule has 0 heterocycles. The zero-order valence-electron chi connectivity index (χ0n) is 8.08. The molecule has 0 spiro atoms. The smallest absolute Gasteiger partial charge is 0.123 e. The van der Waals surface area contributed by atoms with Gasteiger partial charge in [-0.1, -0.05) is 30.4 Å². The van der Waals surface area contributed by atoms with E-state index in [9.17, 15) is 4.79 Å². The maximum atomic E-state index is 10.1. The topological polar surface area (TPSA) is 17.1 Å². The van der Waals surface area contributed by atoms with Gasteiger partial charge in [-0.15, -0.1) is 0 Å². The van der Waals surface area contributed by atoms with E-state index >= 15 is 0 Å². The molecule has 0 aliphatic carbocycles. The van der Waals surface area contributed by atoms with Crippen molar-refractivity contribution < 1.29 is 4.79 Å². The van der Waals surface area contributed by atoms with Crippen molar-refractivity contribution in [3.8, 4) is 0 Å². The molecule has 13 heavy (non-hydrogen) atoms. The molecule has 0 bridgehead atoms. The second-order valence-corrected chi connectivity index (χ2v) is 3.09. The van der Waals surface area contributed by atoms with Crippen LogP contribution in [0.2, 0.25) is 0 Å². The van der Waals surface area contributed by atoms with Gasteiger partial charge in [0.2, 0.25) is 0 Å². The lowest BCUT2D eigenvalue weighted by Crippen LogP contribution is -1.84. The predicted octanol–water partition coefficient (Wildman–Crippen LogP) is 2.91. The minimum atomic E-state index is 0.493. The molecule has 1 heteroatoms. The maximum absolute atomic E-state index is 10.1. The van der Waals surface area contributed by atoms with Gasteiger partial charge in [-0.3, -0.25) is 0 Å². The van der Waals surface area contributed by atoms with Crippen molar-refractivity contribution in [3.63, 3.8) is 0 Å². The van der Waals surface area contributed by atoms with Gasteiger partial charge >= 0.3 is 0 Å². The van der Waals surface area contributed by atoms with Gasteiger partial charge in [-0.25, -0.2) is 0 Å². The van der Waals surface area contributed by atoms with Crippen LogP contribution in [0.3, 0.4) is 0 Å².